The first-order valence-corrected chi connectivity index (χ1v) is 14.3. The predicted molar refractivity (Wildman–Crippen MR) is 155 cm³/mol. The zero-order valence-electron chi connectivity index (χ0n) is 21.4. The smallest absolute Gasteiger partial charge is 0.262 e. The fourth-order valence-corrected chi connectivity index (χ4v) is 5.90. The van der Waals surface area contributed by atoms with Crippen molar-refractivity contribution in [1.29, 1.82) is 0 Å². The van der Waals surface area contributed by atoms with E-state index in [2.05, 4.69) is 41.5 Å². The van der Waals surface area contributed by atoms with Crippen LogP contribution < -0.4 is 10.1 Å². The second kappa shape index (κ2) is 11.4. The predicted octanol–water partition coefficient (Wildman–Crippen LogP) is 5.90. The lowest BCUT2D eigenvalue weighted by Gasteiger charge is -2.23. The Kier molecular flexibility index (Phi) is 7.85. The van der Waals surface area contributed by atoms with Gasteiger partial charge in [-0.1, -0.05) is 59.8 Å². The van der Waals surface area contributed by atoms with Crippen molar-refractivity contribution in [2.24, 2.45) is 10.1 Å². The lowest BCUT2D eigenvalue weighted by molar-refractivity contribution is -0.121. The molecule has 3 aromatic rings. The van der Waals surface area contributed by atoms with Gasteiger partial charge < -0.3 is 10.1 Å². The normalized spacial score (nSPS) is 18.8. The summed E-state index contributed by atoms with van der Waals surface area (Å²) in [4.78, 5) is 31.0. The molecule has 5 rings (SSSR count). The summed E-state index contributed by atoms with van der Waals surface area (Å²) in [6.45, 7) is 2.05. The van der Waals surface area contributed by atoms with Gasteiger partial charge in [-0.05, 0) is 54.6 Å². The first-order chi connectivity index (χ1) is 18.4. The molecule has 3 aromatic carbocycles. The van der Waals surface area contributed by atoms with Gasteiger partial charge in [0.1, 0.15) is 11.0 Å². The zero-order valence-corrected chi connectivity index (χ0v) is 23.0. The van der Waals surface area contributed by atoms with E-state index < -0.39 is 5.25 Å². The van der Waals surface area contributed by atoms with Crippen molar-refractivity contribution < 1.29 is 14.3 Å². The highest BCUT2D eigenvalue weighted by Crippen LogP contribution is 2.39. The average Bonchev–Trinajstić information content (AvgIpc) is 3.53. The number of hydrazone groups is 1. The minimum Gasteiger partial charge on any atom is -0.497 e. The molecule has 9 heteroatoms. The van der Waals surface area contributed by atoms with Gasteiger partial charge in [-0.25, -0.2) is 5.01 Å². The Morgan fingerprint density at radius 2 is 1.89 bits per heavy atom. The number of hydrogen-bond donors (Lipinski definition) is 1. The van der Waals surface area contributed by atoms with Crippen LogP contribution in [0.3, 0.4) is 0 Å². The Morgan fingerprint density at radius 3 is 2.61 bits per heavy atom. The minimum absolute atomic E-state index is 0.0373. The van der Waals surface area contributed by atoms with Crippen molar-refractivity contribution in [1.82, 2.24) is 5.01 Å². The highest BCUT2D eigenvalue weighted by Gasteiger charge is 2.39. The van der Waals surface area contributed by atoms with E-state index in [0.717, 1.165) is 27.5 Å². The molecule has 2 heterocycles. The van der Waals surface area contributed by atoms with E-state index in [1.165, 1.54) is 17.3 Å². The van der Waals surface area contributed by atoms with Crippen molar-refractivity contribution >= 4 is 51.9 Å². The van der Waals surface area contributed by atoms with Gasteiger partial charge in [0.05, 0.1) is 18.9 Å². The largest absolute Gasteiger partial charge is 0.497 e. The summed E-state index contributed by atoms with van der Waals surface area (Å²) in [5.41, 5.74) is 4.90. The number of methoxy groups -OCH3 is 1. The molecule has 194 valence electrons. The maximum atomic E-state index is 12.9. The monoisotopic (exact) mass is 544 g/mol. The molecule has 0 radical (unpaired) electrons. The number of anilines is 1. The molecule has 0 aromatic heterocycles. The summed E-state index contributed by atoms with van der Waals surface area (Å²) >= 11 is 2.90. The Labute approximate surface area is 230 Å². The van der Waals surface area contributed by atoms with E-state index in [1.54, 1.807) is 18.9 Å². The molecular formula is C29H28N4O3S2. The lowest BCUT2D eigenvalue weighted by atomic mass is 9.98. The number of carbonyl (C=O) groups excluding carboxylic acids is 2. The Bertz CT molecular complexity index is 1400. The summed E-state index contributed by atoms with van der Waals surface area (Å²) < 4.78 is 5.33. The highest BCUT2D eigenvalue weighted by atomic mass is 32.2. The lowest BCUT2D eigenvalue weighted by Crippen LogP contribution is -2.25. The number of amidine groups is 1. The number of rotatable bonds is 7. The third kappa shape index (κ3) is 5.79. The molecule has 1 N–H and O–H groups in total. The quantitative estimate of drug-likeness (QED) is 0.373. The fourth-order valence-electron chi connectivity index (χ4n) is 4.38. The van der Waals surface area contributed by atoms with Gasteiger partial charge in [-0.2, -0.15) is 10.1 Å². The van der Waals surface area contributed by atoms with E-state index in [4.69, 9.17) is 9.84 Å². The van der Waals surface area contributed by atoms with Crippen molar-refractivity contribution in [2.75, 3.05) is 18.7 Å². The first-order valence-electron chi connectivity index (χ1n) is 12.2. The van der Waals surface area contributed by atoms with Crippen LogP contribution in [0.4, 0.5) is 5.69 Å². The number of aliphatic imine (C=N–C) groups is 1. The van der Waals surface area contributed by atoms with Crippen molar-refractivity contribution in [3.05, 3.63) is 89.5 Å². The molecule has 2 aliphatic rings. The van der Waals surface area contributed by atoms with E-state index in [1.807, 2.05) is 59.8 Å². The molecule has 0 saturated heterocycles. The van der Waals surface area contributed by atoms with E-state index in [0.29, 0.717) is 17.3 Å². The van der Waals surface area contributed by atoms with Crippen LogP contribution in [0.5, 0.6) is 5.75 Å². The third-order valence-corrected chi connectivity index (χ3v) is 8.31. The van der Waals surface area contributed by atoms with Crippen LogP contribution in [0, 0.1) is 6.92 Å². The van der Waals surface area contributed by atoms with Crippen LogP contribution in [0.1, 0.15) is 35.6 Å². The number of thioether (sulfide) groups is 2. The SMILES string of the molecule is COc1ccc(C2CC(c3ccc(C)cc3)=NN2C2=NC(=O)C(CC(=O)Nc3cccc(SC)c3)S2)cc1. The van der Waals surface area contributed by atoms with Crippen molar-refractivity contribution in [3.63, 3.8) is 0 Å². The number of nitrogens with zero attached hydrogens (tertiary/aromatic N) is 3. The van der Waals surface area contributed by atoms with Crippen LogP contribution in [0.15, 0.2) is 87.8 Å². The van der Waals surface area contributed by atoms with Gasteiger partial charge in [0, 0.05) is 23.4 Å². The summed E-state index contributed by atoms with van der Waals surface area (Å²) in [5.74, 6) is 0.239. The third-order valence-electron chi connectivity index (χ3n) is 6.44. The molecule has 2 atom stereocenters. The Hall–Kier alpha value is -3.56. The second-order valence-electron chi connectivity index (χ2n) is 9.07. The van der Waals surface area contributed by atoms with Gasteiger partial charge in [0.2, 0.25) is 5.91 Å². The van der Waals surface area contributed by atoms with Crippen LogP contribution >= 0.6 is 23.5 Å². The fraction of sp³-hybridized carbons (Fsp3) is 0.241. The molecule has 38 heavy (non-hydrogen) atoms. The van der Waals surface area contributed by atoms with Gasteiger partial charge in [-0.15, -0.1) is 11.8 Å². The van der Waals surface area contributed by atoms with Gasteiger partial charge >= 0.3 is 0 Å². The molecular weight excluding hydrogens is 516 g/mol. The molecule has 0 saturated carbocycles. The Morgan fingerprint density at radius 1 is 1.13 bits per heavy atom. The molecule has 0 spiro atoms. The molecule has 2 aliphatic heterocycles. The van der Waals surface area contributed by atoms with E-state index in [9.17, 15) is 9.59 Å². The number of benzene rings is 3. The highest BCUT2D eigenvalue weighted by molar-refractivity contribution is 8.15. The first kappa shape index (κ1) is 26.1. The number of ether oxygens (including phenoxy) is 1. The maximum absolute atomic E-state index is 12.9. The van der Waals surface area contributed by atoms with Crippen molar-refractivity contribution in [2.45, 2.75) is 36.0 Å². The Balaban J connectivity index is 1.34. The van der Waals surface area contributed by atoms with Crippen LogP contribution in [-0.4, -0.2) is 46.3 Å². The standard InChI is InChI=1S/C29H28N4O3S2/c1-18-7-9-19(10-8-18)24-16-25(20-11-13-22(36-2)14-12-20)33(32-24)29-31-28(35)26(38-29)17-27(34)30-21-5-4-6-23(15-21)37-3/h4-15,25-26H,16-17H2,1-3H3,(H,30,34). The summed E-state index contributed by atoms with van der Waals surface area (Å²) in [7, 11) is 1.64. The van der Waals surface area contributed by atoms with Crippen LogP contribution in [0.25, 0.3) is 0 Å². The molecule has 0 bridgehead atoms. The number of nitrogens with one attached hydrogen (secondary N) is 1. The maximum Gasteiger partial charge on any atom is 0.262 e. The van der Waals surface area contributed by atoms with Crippen LogP contribution in [-0.2, 0) is 9.59 Å². The number of amides is 2. The summed E-state index contributed by atoms with van der Waals surface area (Å²) in [6.07, 6.45) is 2.69. The second-order valence-corrected chi connectivity index (χ2v) is 11.1. The minimum atomic E-state index is -0.594. The molecule has 7 nitrogen and oxygen atoms in total. The van der Waals surface area contributed by atoms with Gasteiger partial charge in [0.15, 0.2) is 5.17 Å². The number of aryl methyl sites for hydroxylation is 1. The molecule has 2 unspecified atom stereocenters. The summed E-state index contributed by atoms with van der Waals surface area (Å²) in [6, 6.07) is 23.6. The van der Waals surface area contributed by atoms with Gasteiger partial charge in [0.25, 0.3) is 5.91 Å². The average molecular weight is 545 g/mol. The molecule has 0 aliphatic carbocycles. The molecule has 2 amide bonds. The summed E-state index contributed by atoms with van der Waals surface area (Å²) in [5, 5.41) is 9.58. The van der Waals surface area contributed by atoms with Gasteiger partial charge in [-0.3, -0.25) is 9.59 Å². The number of hydrogen-bond acceptors (Lipinski definition) is 7. The van der Waals surface area contributed by atoms with Crippen LogP contribution in [0.2, 0.25) is 0 Å². The van der Waals surface area contributed by atoms with E-state index in [-0.39, 0.29) is 24.3 Å². The van der Waals surface area contributed by atoms with E-state index >= 15 is 0 Å². The van der Waals surface area contributed by atoms with Crippen molar-refractivity contribution in [3.8, 4) is 5.75 Å². The zero-order chi connectivity index (χ0) is 26.6. The topological polar surface area (TPSA) is 83.4 Å². The number of carbonyl (C=O) groups is 2. The molecule has 0 fully saturated rings.